The average Bonchev–Trinajstić information content (AvgIpc) is 3.98. The van der Waals surface area contributed by atoms with Crippen molar-refractivity contribution in [1.82, 2.24) is 29.9 Å². The molecule has 4 heterocycles. The van der Waals surface area contributed by atoms with Gasteiger partial charge >= 0.3 is 23.9 Å². The van der Waals surface area contributed by atoms with E-state index in [4.69, 9.17) is 48.4 Å². The zero-order valence-corrected chi connectivity index (χ0v) is 42.6. The van der Waals surface area contributed by atoms with Crippen molar-refractivity contribution in [3.63, 3.8) is 0 Å². The number of benzene rings is 2. The number of para-hydroxylation sites is 2. The minimum Gasteiger partial charge on any atom is -0.496 e. The normalized spacial score (nSPS) is 15.1. The molecular weight excluding hydrogens is 949 g/mol. The lowest BCUT2D eigenvalue weighted by atomic mass is 9.86. The number of ether oxygens (including phenoxy) is 4. The summed E-state index contributed by atoms with van der Waals surface area (Å²) >= 11 is 3.34. The maximum absolute atomic E-state index is 12.9. The molecule has 0 spiro atoms. The second kappa shape index (κ2) is 27.4. The number of nitrogens with zero attached hydrogens (tertiary/aromatic N) is 6. The number of thiazole rings is 2. The molecule has 70 heavy (non-hydrogen) atoms. The first-order valence-electron chi connectivity index (χ1n) is 22.4. The quantitative estimate of drug-likeness (QED) is 0.0746. The Kier molecular flexibility index (Phi) is 22.1. The van der Waals surface area contributed by atoms with Crippen LogP contribution < -0.4 is 9.47 Å². The molecule has 6 rings (SSSR count). The van der Waals surface area contributed by atoms with E-state index in [1.165, 1.54) is 47.9 Å². The molecule has 2 aliphatic heterocycles. The van der Waals surface area contributed by atoms with Crippen molar-refractivity contribution in [2.75, 3.05) is 67.7 Å². The zero-order chi connectivity index (χ0) is 51.4. The number of hydroxylamine groups is 4. The van der Waals surface area contributed by atoms with E-state index in [-0.39, 0.29) is 25.0 Å². The van der Waals surface area contributed by atoms with Crippen LogP contribution >= 0.6 is 22.7 Å². The number of aliphatic carboxylic acids is 2. The molecule has 2 aromatic heterocycles. The third-order valence-corrected chi connectivity index (χ3v) is 14.1. The van der Waals surface area contributed by atoms with Crippen LogP contribution in [-0.2, 0) is 74.0 Å². The summed E-state index contributed by atoms with van der Waals surface area (Å²) in [7, 11) is 5.87. The third-order valence-electron chi connectivity index (χ3n) is 12.1. The number of aromatic nitrogens is 2. The van der Waals surface area contributed by atoms with Gasteiger partial charge in [-0.25, -0.2) is 39.3 Å². The standard InChI is InChI=1S/2C23H31N3O5S.C2H2O4/c2*1-17-21(32-16-24-17)9-12-25-13-10-23(11-14-25,22(28)30-4)26(18(2)27)31-15-19-7-5-6-8-20(19)29-3;3-1(4)2(5)6/h2*5-8,16H,9-15H2,1-4H3;(H,3,4)(H,5,6). The first-order valence-corrected chi connectivity index (χ1v) is 24.2. The fourth-order valence-electron chi connectivity index (χ4n) is 8.25. The van der Waals surface area contributed by atoms with E-state index in [1.54, 1.807) is 36.9 Å². The summed E-state index contributed by atoms with van der Waals surface area (Å²) < 4.78 is 21.0. The van der Waals surface area contributed by atoms with Crippen LogP contribution in [0.1, 0.15) is 71.8 Å². The average molecular weight is 1010 g/mol. The van der Waals surface area contributed by atoms with Crippen LogP contribution in [0, 0.1) is 13.8 Å². The first kappa shape index (κ1) is 56.5. The molecule has 20 nitrogen and oxygen atoms in total. The summed E-state index contributed by atoms with van der Waals surface area (Å²) in [5, 5.41) is 17.2. The van der Waals surface area contributed by atoms with Crippen molar-refractivity contribution in [1.29, 1.82) is 0 Å². The maximum atomic E-state index is 12.9. The molecule has 0 radical (unpaired) electrons. The van der Waals surface area contributed by atoms with Crippen molar-refractivity contribution in [3.8, 4) is 11.5 Å². The van der Waals surface area contributed by atoms with Gasteiger partial charge in [0.15, 0.2) is 11.1 Å². The summed E-state index contributed by atoms with van der Waals surface area (Å²) in [4.78, 5) is 96.9. The molecule has 2 fully saturated rings. The van der Waals surface area contributed by atoms with Gasteiger partial charge in [-0.15, -0.1) is 22.7 Å². The lowest BCUT2D eigenvalue weighted by Gasteiger charge is -2.45. The Morgan fingerprint density at radius 3 is 1.21 bits per heavy atom. The van der Waals surface area contributed by atoms with E-state index in [1.807, 2.05) is 73.4 Å². The summed E-state index contributed by atoms with van der Waals surface area (Å²) in [5.74, 6) is -3.90. The second-order valence-electron chi connectivity index (χ2n) is 16.4. The van der Waals surface area contributed by atoms with Gasteiger partial charge < -0.3 is 39.0 Å². The molecule has 2 N–H and O–H groups in total. The molecule has 4 aromatic rings. The molecular formula is C48H64N6O14S2. The van der Waals surface area contributed by atoms with Gasteiger partial charge in [0, 0.05) is 74.0 Å². The highest BCUT2D eigenvalue weighted by atomic mass is 32.1. The monoisotopic (exact) mass is 1010 g/mol. The van der Waals surface area contributed by atoms with Gasteiger partial charge in [-0.1, -0.05) is 36.4 Å². The van der Waals surface area contributed by atoms with E-state index in [9.17, 15) is 19.2 Å². The highest BCUT2D eigenvalue weighted by molar-refractivity contribution is 7.10. The van der Waals surface area contributed by atoms with Crippen LogP contribution in [0.25, 0.3) is 0 Å². The fourth-order valence-corrected chi connectivity index (χ4v) is 9.79. The van der Waals surface area contributed by atoms with Gasteiger partial charge in [-0.05, 0) is 64.5 Å². The Labute approximate surface area is 415 Å². The van der Waals surface area contributed by atoms with Crippen molar-refractivity contribution in [3.05, 3.63) is 91.8 Å². The Bertz CT molecular complexity index is 2200. The number of carboxylic acids is 2. The van der Waals surface area contributed by atoms with Gasteiger partial charge in [-0.3, -0.25) is 19.3 Å². The maximum Gasteiger partial charge on any atom is 0.414 e. The predicted octanol–water partition coefficient (Wildman–Crippen LogP) is 5.14. The second-order valence-corrected chi connectivity index (χ2v) is 18.2. The molecule has 0 atom stereocenters. The molecule has 22 heteroatoms. The van der Waals surface area contributed by atoms with Crippen molar-refractivity contribution >= 4 is 58.4 Å². The van der Waals surface area contributed by atoms with Gasteiger partial charge in [0.2, 0.25) is 11.8 Å². The van der Waals surface area contributed by atoms with Crippen LogP contribution in [0.2, 0.25) is 0 Å². The molecule has 0 bridgehead atoms. The number of hydrogen-bond acceptors (Lipinski definition) is 18. The fraction of sp³-hybridized carbons (Fsp3) is 0.500. The van der Waals surface area contributed by atoms with Crippen LogP contribution in [0.3, 0.4) is 0 Å². The number of piperidine rings is 2. The molecule has 2 aromatic carbocycles. The smallest absolute Gasteiger partial charge is 0.414 e. The van der Waals surface area contributed by atoms with E-state index in [2.05, 4.69) is 19.8 Å². The van der Waals surface area contributed by atoms with Crippen LogP contribution in [0.4, 0.5) is 0 Å². The van der Waals surface area contributed by atoms with E-state index in [0.29, 0.717) is 63.4 Å². The summed E-state index contributed by atoms with van der Waals surface area (Å²) in [5.41, 5.74) is 5.16. The topological polar surface area (TPSA) is 237 Å². The van der Waals surface area contributed by atoms with Gasteiger partial charge in [0.1, 0.15) is 24.7 Å². The largest absolute Gasteiger partial charge is 0.496 e. The molecule has 0 aliphatic carbocycles. The van der Waals surface area contributed by atoms with E-state index in [0.717, 1.165) is 48.4 Å². The molecule has 382 valence electrons. The Morgan fingerprint density at radius 1 is 0.600 bits per heavy atom. The van der Waals surface area contributed by atoms with Crippen LogP contribution in [0.5, 0.6) is 11.5 Å². The number of hydrogen-bond donors (Lipinski definition) is 2. The van der Waals surface area contributed by atoms with Crippen molar-refractivity contribution in [2.24, 2.45) is 0 Å². The summed E-state index contributed by atoms with van der Waals surface area (Å²) in [6.45, 7) is 11.5. The Morgan fingerprint density at radius 2 is 0.943 bits per heavy atom. The number of carboxylic acid groups (broad SMARTS) is 2. The molecule has 2 saturated heterocycles. The number of carbonyl (C=O) groups is 6. The Hall–Kier alpha value is -6.04. The first-order chi connectivity index (χ1) is 33.5. The predicted molar refractivity (Wildman–Crippen MR) is 258 cm³/mol. The van der Waals surface area contributed by atoms with E-state index >= 15 is 0 Å². The lowest BCUT2D eigenvalue weighted by molar-refractivity contribution is -0.240. The number of methoxy groups -OCH3 is 4. The minimum atomic E-state index is -1.82. The lowest BCUT2D eigenvalue weighted by Crippen LogP contribution is -2.61. The van der Waals surface area contributed by atoms with Gasteiger partial charge in [0.05, 0.1) is 50.8 Å². The summed E-state index contributed by atoms with van der Waals surface area (Å²) in [6.07, 6.45) is 3.59. The highest BCUT2D eigenvalue weighted by Gasteiger charge is 2.51. The van der Waals surface area contributed by atoms with Crippen LogP contribution in [0.15, 0.2) is 59.6 Å². The SMILES string of the molecule is COC(=O)C1(N(OCc2ccccc2OC)C(C)=O)CCN(CCc2scnc2C)CC1.COC(=O)C1(N(OCc2ccccc2OC)C(C)=O)CCN(CCc2scnc2C)CC1.O=C(O)C(=O)O. The molecule has 0 saturated carbocycles. The van der Waals surface area contributed by atoms with Crippen LogP contribution in [-0.4, -0.2) is 155 Å². The molecule has 2 amide bonds. The minimum absolute atomic E-state index is 0.108. The number of likely N-dealkylation sites (tertiary alicyclic amines) is 2. The number of amides is 2. The van der Waals surface area contributed by atoms with E-state index < -0.39 is 35.0 Å². The third kappa shape index (κ3) is 15.0. The number of aryl methyl sites for hydroxylation is 2. The number of esters is 2. The number of carbonyl (C=O) groups excluding carboxylic acids is 4. The zero-order valence-electron chi connectivity index (χ0n) is 41.0. The van der Waals surface area contributed by atoms with Gasteiger partial charge in [0.25, 0.3) is 0 Å². The van der Waals surface area contributed by atoms with Crippen molar-refractivity contribution < 1.29 is 67.6 Å². The van der Waals surface area contributed by atoms with Gasteiger partial charge in [-0.2, -0.15) is 0 Å². The Balaban J connectivity index is 0.000000273. The molecule has 2 aliphatic rings. The molecule has 0 unspecified atom stereocenters. The summed E-state index contributed by atoms with van der Waals surface area (Å²) in [6, 6.07) is 14.9. The highest BCUT2D eigenvalue weighted by Crippen LogP contribution is 2.34. The van der Waals surface area contributed by atoms with Crippen molar-refractivity contribution in [2.45, 2.75) is 90.5 Å². The number of rotatable bonds is 18.